The molecule has 0 bridgehead atoms. The molecule has 0 amide bonds. The van der Waals surface area contributed by atoms with Crippen molar-refractivity contribution in [1.82, 2.24) is 0 Å². The molecule has 0 aliphatic heterocycles. The highest BCUT2D eigenvalue weighted by Crippen LogP contribution is 2.31. The monoisotopic (exact) mass is 261 g/mol. The van der Waals surface area contributed by atoms with Crippen LogP contribution < -0.4 is 10.5 Å². The van der Waals surface area contributed by atoms with Crippen LogP contribution in [0.25, 0.3) is 0 Å². The van der Waals surface area contributed by atoms with E-state index in [1.54, 1.807) is 12.1 Å². The Morgan fingerprint density at radius 3 is 2.95 bits per heavy atom. The molecule has 0 aromatic heterocycles. The second kappa shape index (κ2) is 5.67. The Labute approximate surface area is 110 Å². The van der Waals surface area contributed by atoms with E-state index in [1.807, 2.05) is 0 Å². The Morgan fingerprint density at radius 1 is 1.53 bits per heavy atom. The number of nitriles is 1. The maximum Gasteiger partial charge on any atom is 0.290 e. The molecule has 1 aliphatic rings. The predicted octanol–water partition coefficient (Wildman–Crippen LogP) is 1.97. The Kier molecular flexibility index (Phi) is 3.97. The van der Waals surface area contributed by atoms with E-state index < -0.39 is 4.92 Å². The topological polar surface area (TPSA) is 102 Å². The van der Waals surface area contributed by atoms with Crippen LogP contribution in [0.5, 0.6) is 5.75 Å². The minimum Gasteiger partial charge on any atom is -0.490 e. The molecule has 0 spiro atoms. The lowest BCUT2D eigenvalue weighted by atomic mass is 10.1. The highest BCUT2D eigenvalue weighted by Gasteiger charge is 2.28. The Hall–Kier alpha value is -2.13. The molecule has 19 heavy (non-hydrogen) atoms. The summed E-state index contributed by atoms with van der Waals surface area (Å²) in [6.45, 7) is 0.559. The number of benzene rings is 1. The fourth-order valence-electron chi connectivity index (χ4n) is 2.43. The molecule has 0 saturated heterocycles. The highest BCUT2D eigenvalue weighted by molar-refractivity contribution is 5.52. The van der Waals surface area contributed by atoms with Crippen molar-refractivity contribution in [2.45, 2.75) is 25.4 Å². The summed E-state index contributed by atoms with van der Waals surface area (Å²) in [6, 6.07) is 6.12. The molecule has 1 saturated carbocycles. The summed E-state index contributed by atoms with van der Waals surface area (Å²) in [4.78, 5) is 10.3. The number of rotatable bonds is 4. The number of nitro groups is 1. The van der Waals surface area contributed by atoms with Crippen LogP contribution in [0.3, 0.4) is 0 Å². The third-order valence-corrected chi connectivity index (χ3v) is 3.47. The third-order valence-electron chi connectivity index (χ3n) is 3.47. The van der Waals surface area contributed by atoms with Crippen LogP contribution in [0.15, 0.2) is 18.2 Å². The minimum absolute atomic E-state index is 0.0116. The number of nitrogens with two attached hydrogens (primary N) is 1. The molecule has 2 unspecified atom stereocenters. The first kappa shape index (κ1) is 13.3. The van der Waals surface area contributed by atoms with Crippen molar-refractivity contribution in [1.29, 1.82) is 5.26 Å². The summed E-state index contributed by atoms with van der Waals surface area (Å²) in [7, 11) is 0. The van der Waals surface area contributed by atoms with Gasteiger partial charge in [0.15, 0.2) is 0 Å². The molecule has 1 aromatic carbocycles. The van der Waals surface area contributed by atoms with Crippen LogP contribution in [0.2, 0.25) is 0 Å². The zero-order valence-corrected chi connectivity index (χ0v) is 10.4. The van der Waals surface area contributed by atoms with Crippen molar-refractivity contribution < 1.29 is 9.66 Å². The molecule has 6 nitrogen and oxygen atoms in total. The first-order valence-electron chi connectivity index (χ1n) is 6.21. The van der Waals surface area contributed by atoms with Gasteiger partial charge in [-0.1, -0.05) is 0 Å². The summed E-state index contributed by atoms with van der Waals surface area (Å²) >= 11 is 0. The van der Waals surface area contributed by atoms with Gasteiger partial charge in [-0.3, -0.25) is 10.1 Å². The quantitative estimate of drug-likeness (QED) is 0.659. The summed E-state index contributed by atoms with van der Waals surface area (Å²) in [5, 5.41) is 19.7. The molecule has 6 heteroatoms. The Morgan fingerprint density at radius 2 is 2.32 bits per heavy atom. The van der Waals surface area contributed by atoms with Gasteiger partial charge in [-0.25, -0.2) is 0 Å². The van der Waals surface area contributed by atoms with Crippen LogP contribution in [-0.4, -0.2) is 17.6 Å². The molecular formula is C13H15N3O3. The molecule has 2 rings (SSSR count). The summed E-state index contributed by atoms with van der Waals surface area (Å²) < 4.78 is 5.78. The average Bonchev–Trinajstić information content (AvgIpc) is 2.85. The second-order valence-corrected chi connectivity index (χ2v) is 4.63. The van der Waals surface area contributed by atoms with E-state index in [1.165, 1.54) is 12.1 Å². The SMILES string of the molecule is N#Cc1ccc(OC2CCCC2CN)cc1[N+](=O)[O-]. The number of nitrogens with zero attached hydrogens (tertiary/aromatic N) is 2. The van der Waals surface area contributed by atoms with E-state index in [4.69, 9.17) is 15.7 Å². The zero-order chi connectivity index (χ0) is 13.8. The fraction of sp³-hybridized carbons (Fsp3) is 0.462. The van der Waals surface area contributed by atoms with Gasteiger partial charge in [0.1, 0.15) is 23.5 Å². The number of hydrogen-bond acceptors (Lipinski definition) is 5. The van der Waals surface area contributed by atoms with Crippen LogP contribution in [0, 0.1) is 27.4 Å². The highest BCUT2D eigenvalue weighted by atomic mass is 16.6. The van der Waals surface area contributed by atoms with Crippen LogP contribution in [0.1, 0.15) is 24.8 Å². The fourth-order valence-corrected chi connectivity index (χ4v) is 2.43. The molecule has 1 aliphatic carbocycles. The van der Waals surface area contributed by atoms with Gasteiger partial charge in [-0.2, -0.15) is 5.26 Å². The van der Waals surface area contributed by atoms with E-state index in [9.17, 15) is 10.1 Å². The minimum atomic E-state index is -0.569. The largest absolute Gasteiger partial charge is 0.490 e. The summed E-state index contributed by atoms with van der Waals surface area (Å²) in [6.07, 6.45) is 3.01. The normalized spacial score (nSPS) is 21.9. The molecule has 1 fully saturated rings. The lowest BCUT2D eigenvalue weighted by molar-refractivity contribution is -0.385. The predicted molar refractivity (Wildman–Crippen MR) is 68.6 cm³/mol. The summed E-state index contributed by atoms with van der Waals surface area (Å²) in [5.41, 5.74) is 5.49. The molecule has 1 aromatic rings. The maximum atomic E-state index is 10.9. The standard InChI is InChI=1S/C13H15N3O3/c14-7-9-4-5-11(6-12(9)16(17)18)19-13-3-1-2-10(13)8-15/h4-6,10,13H,1-3,8,15H2. The van der Waals surface area contributed by atoms with E-state index >= 15 is 0 Å². The lowest BCUT2D eigenvalue weighted by Crippen LogP contribution is -2.27. The van der Waals surface area contributed by atoms with Crippen molar-refractivity contribution in [3.8, 4) is 11.8 Å². The first-order valence-corrected chi connectivity index (χ1v) is 6.21. The van der Waals surface area contributed by atoms with Gasteiger partial charge < -0.3 is 10.5 Å². The van der Waals surface area contributed by atoms with Gasteiger partial charge in [0.25, 0.3) is 5.69 Å². The molecule has 0 radical (unpaired) electrons. The number of hydrogen-bond donors (Lipinski definition) is 1. The van der Waals surface area contributed by atoms with Crippen molar-refractivity contribution in [3.05, 3.63) is 33.9 Å². The molecule has 100 valence electrons. The van der Waals surface area contributed by atoms with Gasteiger partial charge >= 0.3 is 0 Å². The second-order valence-electron chi connectivity index (χ2n) is 4.63. The van der Waals surface area contributed by atoms with Crippen molar-refractivity contribution in [2.24, 2.45) is 11.7 Å². The Bertz CT molecular complexity index is 524. The number of nitro benzene ring substituents is 1. The van der Waals surface area contributed by atoms with E-state index in [-0.39, 0.29) is 17.4 Å². The molecule has 2 N–H and O–H groups in total. The maximum absolute atomic E-state index is 10.9. The smallest absolute Gasteiger partial charge is 0.290 e. The van der Waals surface area contributed by atoms with E-state index in [0.29, 0.717) is 18.2 Å². The molecule has 0 heterocycles. The van der Waals surface area contributed by atoms with Gasteiger partial charge in [0.2, 0.25) is 0 Å². The van der Waals surface area contributed by atoms with Crippen molar-refractivity contribution >= 4 is 5.69 Å². The zero-order valence-electron chi connectivity index (χ0n) is 10.4. The molecular weight excluding hydrogens is 246 g/mol. The first-order chi connectivity index (χ1) is 9.15. The van der Waals surface area contributed by atoms with Gasteiger partial charge in [0.05, 0.1) is 11.0 Å². The van der Waals surface area contributed by atoms with Crippen molar-refractivity contribution in [3.63, 3.8) is 0 Å². The van der Waals surface area contributed by atoms with Gasteiger partial charge in [0, 0.05) is 5.92 Å². The van der Waals surface area contributed by atoms with Crippen molar-refractivity contribution in [2.75, 3.05) is 6.54 Å². The molecule has 2 atom stereocenters. The summed E-state index contributed by atoms with van der Waals surface area (Å²) in [5.74, 6) is 0.728. The number of ether oxygens (including phenoxy) is 1. The van der Waals surface area contributed by atoms with Crippen LogP contribution in [-0.2, 0) is 0 Å². The van der Waals surface area contributed by atoms with E-state index in [2.05, 4.69) is 0 Å². The van der Waals surface area contributed by atoms with Crippen LogP contribution in [0.4, 0.5) is 5.69 Å². The third kappa shape index (κ3) is 2.83. The Balaban J connectivity index is 2.20. The van der Waals surface area contributed by atoms with Gasteiger partial charge in [-0.05, 0) is 37.9 Å². The lowest BCUT2D eigenvalue weighted by Gasteiger charge is -2.19. The van der Waals surface area contributed by atoms with E-state index in [0.717, 1.165) is 19.3 Å². The average molecular weight is 261 g/mol. The van der Waals surface area contributed by atoms with Gasteiger partial charge in [-0.15, -0.1) is 0 Å². The van der Waals surface area contributed by atoms with Crippen LogP contribution >= 0.6 is 0 Å².